The van der Waals surface area contributed by atoms with Crippen LogP contribution in [0.2, 0.25) is 0 Å². The Bertz CT molecular complexity index is 730. The van der Waals surface area contributed by atoms with Crippen LogP contribution in [0.1, 0.15) is 18.4 Å². The number of Topliss-reactive ketones (excluding diaryl/α,β-unsaturated/α-hetero) is 1. The van der Waals surface area contributed by atoms with E-state index in [1.807, 2.05) is 42.5 Å². The van der Waals surface area contributed by atoms with Gasteiger partial charge in [-0.25, -0.2) is 0 Å². The molecule has 0 saturated carbocycles. The number of pyridine rings is 1. The van der Waals surface area contributed by atoms with Gasteiger partial charge in [-0.3, -0.25) is 14.6 Å². The molecule has 1 atom stereocenters. The summed E-state index contributed by atoms with van der Waals surface area (Å²) >= 11 is 0. The lowest BCUT2D eigenvalue weighted by Gasteiger charge is -2.19. The molecule has 24 heavy (non-hydrogen) atoms. The summed E-state index contributed by atoms with van der Waals surface area (Å²) in [6, 6.07) is 13.1. The van der Waals surface area contributed by atoms with E-state index in [1.165, 1.54) is 0 Å². The molecule has 0 aliphatic carbocycles. The zero-order valence-electron chi connectivity index (χ0n) is 13.5. The van der Waals surface area contributed by atoms with Gasteiger partial charge in [0, 0.05) is 18.3 Å². The van der Waals surface area contributed by atoms with Crippen LogP contribution in [0.3, 0.4) is 0 Å². The van der Waals surface area contributed by atoms with Crippen molar-refractivity contribution in [3.8, 4) is 11.3 Å². The Hall–Kier alpha value is -2.53. The summed E-state index contributed by atoms with van der Waals surface area (Å²) in [7, 11) is 0. The van der Waals surface area contributed by atoms with E-state index in [2.05, 4.69) is 4.98 Å². The molecular formula is C19H21N3O2. The summed E-state index contributed by atoms with van der Waals surface area (Å²) in [5.74, 6) is -0.0845. The second-order valence-electron chi connectivity index (χ2n) is 6.12. The lowest BCUT2D eigenvalue weighted by Crippen LogP contribution is -2.40. The number of amides is 1. The summed E-state index contributed by atoms with van der Waals surface area (Å²) < 4.78 is 0. The maximum atomic E-state index is 12.5. The number of carbonyl (C=O) groups is 2. The Morgan fingerprint density at radius 1 is 1.25 bits per heavy atom. The number of hydrogen-bond donors (Lipinski definition) is 1. The highest BCUT2D eigenvalue weighted by Crippen LogP contribution is 2.18. The van der Waals surface area contributed by atoms with E-state index in [0.717, 1.165) is 23.2 Å². The molecule has 1 amide bonds. The van der Waals surface area contributed by atoms with E-state index in [1.54, 1.807) is 11.1 Å². The Balaban J connectivity index is 1.72. The highest BCUT2D eigenvalue weighted by Gasteiger charge is 2.24. The van der Waals surface area contributed by atoms with Gasteiger partial charge in [-0.2, -0.15) is 0 Å². The fourth-order valence-electron chi connectivity index (χ4n) is 2.92. The monoisotopic (exact) mass is 323 g/mol. The third kappa shape index (κ3) is 3.86. The van der Waals surface area contributed by atoms with Gasteiger partial charge >= 0.3 is 0 Å². The van der Waals surface area contributed by atoms with Crippen LogP contribution in [0.5, 0.6) is 0 Å². The highest BCUT2D eigenvalue weighted by atomic mass is 16.2. The number of aromatic nitrogens is 1. The lowest BCUT2D eigenvalue weighted by atomic mass is 10.0. The molecule has 5 heteroatoms. The van der Waals surface area contributed by atoms with Gasteiger partial charge in [0.25, 0.3) is 0 Å². The maximum absolute atomic E-state index is 12.5. The zero-order chi connectivity index (χ0) is 16.9. The van der Waals surface area contributed by atoms with Crippen molar-refractivity contribution in [2.75, 3.05) is 13.1 Å². The van der Waals surface area contributed by atoms with Gasteiger partial charge in [0.1, 0.15) is 0 Å². The Kier molecular flexibility index (Phi) is 5.01. The van der Waals surface area contributed by atoms with Gasteiger partial charge in [0.2, 0.25) is 5.91 Å². The predicted octanol–water partition coefficient (Wildman–Crippen LogP) is 1.81. The number of nitrogens with zero attached hydrogens (tertiary/aromatic N) is 2. The molecule has 5 nitrogen and oxygen atoms in total. The molecule has 2 heterocycles. The molecule has 2 N–H and O–H groups in total. The first kappa shape index (κ1) is 16.3. The van der Waals surface area contributed by atoms with Gasteiger partial charge in [0.05, 0.1) is 24.7 Å². The van der Waals surface area contributed by atoms with Gasteiger partial charge < -0.3 is 10.6 Å². The van der Waals surface area contributed by atoms with Crippen molar-refractivity contribution in [2.24, 2.45) is 5.73 Å². The fraction of sp³-hybridized carbons (Fsp3) is 0.316. The largest absolute Gasteiger partial charge is 0.335 e. The van der Waals surface area contributed by atoms with Crippen molar-refractivity contribution in [1.29, 1.82) is 0 Å². The molecule has 0 spiro atoms. The Morgan fingerprint density at radius 2 is 2.12 bits per heavy atom. The van der Waals surface area contributed by atoms with E-state index in [-0.39, 0.29) is 24.7 Å². The Morgan fingerprint density at radius 3 is 2.92 bits per heavy atom. The molecule has 1 aliphatic heterocycles. The molecule has 1 aromatic heterocycles. The van der Waals surface area contributed by atoms with Crippen LogP contribution < -0.4 is 5.73 Å². The molecule has 1 saturated heterocycles. The minimum Gasteiger partial charge on any atom is -0.335 e. The van der Waals surface area contributed by atoms with Crippen molar-refractivity contribution in [3.63, 3.8) is 0 Å². The van der Waals surface area contributed by atoms with E-state index in [9.17, 15) is 9.59 Å². The van der Waals surface area contributed by atoms with E-state index < -0.39 is 6.04 Å². The minimum atomic E-state index is -0.435. The lowest BCUT2D eigenvalue weighted by molar-refractivity contribution is -0.134. The normalized spacial score (nSPS) is 18.3. The second kappa shape index (κ2) is 7.36. The van der Waals surface area contributed by atoms with Crippen LogP contribution in [0.4, 0.5) is 0 Å². The van der Waals surface area contributed by atoms with Gasteiger partial charge in [-0.15, -0.1) is 0 Å². The summed E-state index contributed by atoms with van der Waals surface area (Å²) in [6.45, 7) is 0.720. The summed E-state index contributed by atoms with van der Waals surface area (Å²) in [6.07, 6.45) is 3.45. The number of carbonyl (C=O) groups excluding carboxylic acids is 2. The number of likely N-dealkylation sites (tertiary alicyclic amines) is 1. The SMILES string of the molecule is NC1CCCN(C(=O)Cc2cccc(-c3ccccn3)c2)CC1=O. The van der Waals surface area contributed by atoms with Crippen LogP contribution >= 0.6 is 0 Å². The van der Waals surface area contributed by atoms with Crippen LogP contribution in [-0.2, 0) is 16.0 Å². The van der Waals surface area contributed by atoms with Gasteiger partial charge in [-0.1, -0.05) is 24.3 Å². The quantitative estimate of drug-likeness (QED) is 0.934. The number of rotatable bonds is 3. The summed E-state index contributed by atoms with van der Waals surface area (Å²) in [5, 5.41) is 0. The number of hydrogen-bond acceptors (Lipinski definition) is 4. The van der Waals surface area contributed by atoms with Crippen LogP contribution in [0, 0.1) is 0 Å². The third-order valence-electron chi connectivity index (χ3n) is 4.30. The second-order valence-corrected chi connectivity index (χ2v) is 6.12. The van der Waals surface area contributed by atoms with Crippen LogP contribution in [0.25, 0.3) is 11.3 Å². The fourth-order valence-corrected chi connectivity index (χ4v) is 2.92. The predicted molar refractivity (Wildman–Crippen MR) is 92.2 cm³/mol. The molecule has 0 bridgehead atoms. The van der Waals surface area contributed by atoms with Crippen molar-refractivity contribution in [2.45, 2.75) is 25.3 Å². The van der Waals surface area contributed by atoms with Crippen LogP contribution in [0.15, 0.2) is 48.7 Å². The average Bonchev–Trinajstić information content (AvgIpc) is 2.77. The molecule has 124 valence electrons. The standard InChI is InChI=1S/C19H21N3O2/c20-16-7-4-10-22(13-18(16)23)19(24)12-14-5-3-6-15(11-14)17-8-1-2-9-21-17/h1-3,5-6,8-9,11,16H,4,7,10,12-13,20H2. The zero-order valence-corrected chi connectivity index (χ0v) is 13.5. The molecule has 1 aromatic carbocycles. The van der Waals surface area contributed by atoms with Gasteiger partial charge in [0.15, 0.2) is 5.78 Å². The number of benzene rings is 1. The molecule has 1 fully saturated rings. The molecule has 1 unspecified atom stereocenters. The third-order valence-corrected chi connectivity index (χ3v) is 4.30. The Labute approximate surface area is 141 Å². The van der Waals surface area contributed by atoms with Crippen molar-refractivity contribution >= 4 is 11.7 Å². The topological polar surface area (TPSA) is 76.3 Å². The van der Waals surface area contributed by atoms with Gasteiger partial charge in [-0.05, 0) is 36.6 Å². The number of ketones is 1. The minimum absolute atomic E-state index is 0.0318. The first-order valence-corrected chi connectivity index (χ1v) is 8.20. The average molecular weight is 323 g/mol. The van der Waals surface area contributed by atoms with E-state index in [0.29, 0.717) is 13.0 Å². The molecule has 2 aromatic rings. The van der Waals surface area contributed by atoms with Crippen molar-refractivity contribution < 1.29 is 9.59 Å². The van der Waals surface area contributed by atoms with Crippen molar-refractivity contribution in [3.05, 3.63) is 54.2 Å². The molecule has 0 radical (unpaired) electrons. The molecule has 1 aliphatic rings. The van der Waals surface area contributed by atoms with E-state index >= 15 is 0 Å². The smallest absolute Gasteiger partial charge is 0.227 e. The first-order chi connectivity index (χ1) is 11.6. The number of nitrogens with two attached hydrogens (primary N) is 1. The summed E-state index contributed by atoms with van der Waals surface area (Å²) in [5.41, 5.74) is 8.56. The first-order valence-electron chi connectivity index (χ1n) is 8.20. The highest BCUT2D eigenvalue weighted by molar-refractivity contribution is 5.90. The summed E-state index contributed by atoms with van der Waals surface area (Å²) in [4.78, 5) is 30.4. The van der Waals surface area contributed by atoms with Crippen LogP contribution in [-0.4, -0.2) is 40.7 Å². The van der Waals surface area contributed by atoms with E-state index in [4.69, 9.17) is 5.73 Å². The van der Waals surface area contributed by atoms with Crippen molar-refractivity contribution in [1.82, 2.24) is 9.88 Å². The molecule has 3 rings (SSSR count). The molecular weight excluding hydrogens is 302 g/mol. The maximum Gasteiger partial charge on any atom is 0.227 e.